The predicted molar refractivity (Wildman–Crippen MR) is 563 cm³/mol. The van der Waals surface area contributed by atoms with Crippen molar-refractivity contribution in [3.63, 3.8) is 0 Å². The van der Waals surface area contributed by atoms with Crippen LogP contribution in [-0.4, -0.2) is 92.6 Å². The van der Waals surface area contributed by atoms with Gasteiger partial charge in [-0.1, -0.05) is 206 Å². The SMILES string of the molecule is CCC(C)(C)C(=O)OC1(C)C2(C)CCC(C2)C1(C)C.CCC(C)(C)C(=O)OC1(C)CC2CCC1(C)C2(C)C.CCC(C)(C)C(=O)OC1(C)CCCCCC1.CCC(C)(C)C(=O)OC1(CC)CC2CCC1C2.CCC(C)C(=O)OC1(C)C2(C)CCC(C2)C1(C)C.CCC(C)C(=O)OC1(C)CC2CCC1(C)C2(C)C.CCC(C)C(=O)OC1(C)CCCCCC1.CCC(C)C(=O)OC1(CC)CC2CCC1C2. The summed E-state index contributed by atoms with van der Waals surface area (Å²) in [6, 6.07) is 0. The molecule has 14 saturated carbocycles. The maximum absolute atomic E-state index is 12.5. The van der Waals surface area contributed by atoms with E-state index in [2.05, 4.69) is 159 Å². The number of rotatable bonds is 26. The zero-order valence-corrected chi connectivity index (χ0v) is 97.2. The van der Waals surface area contributed by atoms with Crippen molar-refractivity contribution < 1.29 is 76.3 Å². The Balaban J connectivity index is 0.000000215. The monoisotopic (exact) mass is 1940 g/mol. The maximum atomic E-state index is 12.5. The number of esters is 8. The molecule has 0 aromatic heterocycles. The number of hydrogen-bond donors (Lipinski definition) is 0. The van der Waals surface area contributed by atoms with E-state index >= 15 is 0 Å². The van der Waals surface area contributed by atoms with Crippen molar-refractivity contribution in [2.24, 2.45) is 136 Å². The molecule has 0 N–H and O–H groups in total. The molecule has 14 fully saturated rings. The maximum Gasteiger partial charge on any atom is 0.312 e. The van der Waals surface area contributed by atoms with Gasteiger partial charge in [0.05, 0.1) is 45.3 Å². The Hall–Kier alpha value is -4.24. The van der Waals surface area contributed by atoms with E-state index in [1.807, 2.05) is 118 Å². The second-order valence-electron chi connectivity index (χ2n) is 55.1. The van der Waals surface area contributed by atoms with Crippen LogP contribution in [-0.2, 0) is 76.3 Å². The lowest BCUT2D eigenvalue weighted by atomic mass is 9.61. The molecular formula is C122H216O16. The molecule has 14 aliphatic rings. The highest BCUT2D eigenvalue weighted by atomic mass is 16.6. The van der Waals surface area contributed by atoms with Gasteiger partial charge in [-0.3, -0.25) is 38.4 Å². The Morgan fingerprint density at radius 2 is 0.543 bits per heavy atom. The van der Waals surface area contributed by atoms with Crippen molar-refractivity contribution in [1.29, 1.82) is 0 Å². The lowest BCUT2D eigenvalue weighted by molar-refractivity contribution is -0.202. The molecule has 800 valence electrons. The van der Waals surface area contributed by atoms with Crippen molar-refractivity contribution in [3.8, 4) is 0 Å². The molecule has 0 aromatic rings. The normalized spacial score (nSPS) is 36.2. The first-order chi connectivity index (χ1) is 63.4. The molecule has 0 aliphatic heterocycles. The Kier molecular flexibility index (Phi) is 39.6. The Labute approximate surface area is 846 Å². The fraction of sp³-hybridized carbons (Fsp3) is 0.934. The summed E-state index contributed by atoms with van der Waals surface area (Å²) >= 11 is 0. The van der Waals surface area contributed by atoms with Crippen LogP contribution in [0.15, 0.2) is 0 Å². The third-order valence-electron chi connectivity index (χ3n) is 44.5. The highest BCUT2D eigenvalue weighted by Gasteiger charge is 2.73. The fourth-order valence-electron chi connectivity index (χ4n) is 28.0. The zero-order valence-electron chi connectivity index (χ0n) is 97.2. The van der Waals surface area contributed by atoms with Gasteiger partial charge >= 0.3 is 47.8 Å². The van der Waals surface area contributed by atoms with Gasteiger partial charge in [0.15, 0.2) is 0 Å². The third-order valence-corrected chi connectivity index (χ3v) is 44.5. The van der Waals surface area contributed by atoms with Gasteiger partial charge < -0.3 is 37.9 Å². The minimum atomic E-state index is -0.378. The molecule has 12 bridgehead atoms. The van der Waals surface area contributed by atoms with Gasteiger partial charge in [-0.15, -0.1) is 0 Å². The number of carbonyl (C=O) groups is 8. The minimum Gasteiger partial charge on any atom is -0.459 e. The summed E-state index contributed by atoms with van der Waals surface area (Å²) in [5.74, 6) is 5.78. The number of hydrogen-bond acceptors (Lipinski definition) is 16. The lowest BCUT2D eigenvalue weighted by Gasteiger charge is -2.51. The Morgan fingerprint density at radius 3 is 0.826 bits per heavy atom. The van der Waals surface area contributed by atoms with E-state index in [0.29, 0.717) is 35.5 Å². The summed E-state index contributed by atoms with van der Waals surface area (Å²) < 4.78 is 47.6. The van der Waals surface area contributed by atoms with Crippen LogP contribution in [0.5, 0.6) is 0 Å². The van der Waals surface area contributed by atoms with Gasteiger partial charge in [0.2, 0.25) is 0 Å². The van der Waals surface area contributed by atoms with E-state index in [-0.39, 0.29) is 181 Å². The summed E-state index contributed by atoms with van der Waals surface area (Å²) in [5.41, 5.74) is -1.88. The van der Waals surface area contributed by atoms with Gasteiger partial charge in [-0.2, -0.15) is 0 Å². The number of fused-ring (bicyclic) bond motifs is 12. The largest absolute Gasteiger partial charge is 0.459 e. The van der Waals surface area contributed by atoms with Gasteiger partial charge in [-0.05, 0) is 399 Å². The molecule has 0 radical (unpaired) electrons. The Morgan fingerprint density at radius 1 is 0.268 bits per heavy atom. The van der Waals surface area contributed by atoms with E-state index < -0.39 is 0 Å². The van der Waals surface area contributed by atoms with Crippen molar-refractivity contribution in [2.75, 3.05) is 0 Å². The van der Waals surface area contributed by atoms with Gasteiger partial charge in [0, 0.05) is 32.5 Å². The molecule has 0 heterocycles. The molecule has 0 saturated heterocycles. The first kappa shape index (κ1) is 121. The van der Waals surface area contributed by atoms with E-state index in [4.69, 9.17) is 37.9 Å². The standard InChI is InChI=1S/2C17H30O2.2C16H28O2.C15H26O2.C14H24O2.C14H26O2.C13H24O2/c1-8-14(2,3)13(18)19-17(7)11-12-9-10-16(17,6)15(12,4)5;1-8-14(2,3)13(18)19-17(7)15(4,5)12-9-10-16(17,6)11-12;1-7-11(2)13(17)18-16(6)10-12-8-9-15(16,5)14(12,3)4;1-7-11(2)13(17)18-16(6)14(3,4)12-8-9-15(16,5)10-12;1-5-14(3,4)13(16)17-15(6-2)10-11-7-8-12(15)9-11;1-4-10(3)13(15)16-14(5-2)9-11-6-7-12(14)8-11;1-5-13(2,3)12(15)16-14(4)10-8-6-7-9-11-14;1-4-11(2)12(14)15-13(3)9-7-5-6-8-10-13/h2*12H,8-11H2,1-7H3;2*11-12H,7-10H2,1-6H3;11-12H,5-10H2,1-4H3;10-12H,4-9H2,1-3H3;5-11H2,1-4H3;11H,4-10H2,1-3H3. The molecular weight excluding hydrogens is 1720 g/mol. The number of carbonyl (C=O) groups excluding carboxylic acids is 8. The summed E-state index contributed by atoms with van der Waals surface area (Å²) in [5, 5.41) is 0. The molecule has 14 rings (SSSR count). The van der Waals surface area contributed by atoms with Crippen molar-refractivity contribution >= 4 is 47.8 Å². The zero-order chi connectivity index (χ0) is 105. The molecule has 0 spiro atoms. The summed E-state index contributed by atoms with van der Waals surface area (Å²) in [7, 11) is 0. The average molecular weight is 1940 g/mol. The van der Waals surface area contributed by atoms with E-state index in [0.717, 1.165) is 127 Å². The van der Waals surface area contributed by atoms with Crippen LogP contribution < -0.4 is 0 Å². The highest BCUT2D eigenvalue weighted by Crippen LogP contribution is 2.74. The van der Waals surface area contributed by atoms with Crippen molar-refractivity contribution in [1.82, 2.24) is 0 Å². The smallest absolute Gasteiger partial charge is 0.312 e. The molecule has 16 heteroatoms. The summed E-state index contributed by atoms with van der Waals surface area (Å²) in [6.45, 7) is 85.1. The predicted octanol–water partition coefficient (Wildman–Crippen LogP) is 32.7. The van der Waals surface area contributed by atoms with Crippen LogP contribution in [0, 0.1) is 136 Å². The fourth-order valence-corrected chi connectivity index (χ4v) is 28.0. The molecule has 22 atom stereocenters. The highest BCUT2D eigenvalue weighted by molar-refractivity contribution is 5.79. The molecule has 138 heavy (non-hydrogen) atoms. The van der Waals surface area contributed by atoms with Gasteiger partial charge in [0.1, 0.15) is 44.8 Å². The first-order valence-electron chi connectivity index (χ1n) is 57.2. The Bertz CT molecular complexity index is 4030. The summed E-state index contributed by atoms with van der Waals surface area (Å²) in [6.07, 6.45) is 47.3. The van der Waals surface area contributed by atoms with Crippen LogP contribution in [0.25, 0.3) is 0 Å². The quantitative estimate of drug-likeness (QED) is 0.0448. The first-order valence-corrected chi connectivity index (χ1v) is 57.2. The second-order valence-corrected chi connectivity index (χ2v) is 55.1. The third kappa shape index (κ3) is 24.4. The number of ether oxygens (including phenoxy) is 8. The van der Waals surface area contributed by atoms with Crippen molar-refractivity contribution in [2.45, 2.75) is 591 Å². The van der Waals surface area contributed by atoms with Crippen LogP contribution in [0.4, 0.5) is 0 Å². The average Bonchev–Trinajstić information content (AvgIpc) is 1.54. The van der Waals surface area contributed by atoms with Gasteiger partial charge in [0.25, 0.3) is 0 Å². The van der Waals surface area contributed by atoms with Gasteiger partial charge in [-0.25, -0.2) is 0 Å². The minimum absolute atomic E-state index is 0.00870. The van der Waals surface area contributed by atoms with Crippen molar-refractivity contribution in [3.05, 3.63) is 0 Å². The molecule has 22 unspecified atom stereocenters. The topological polar surface area (TPSA) is 210 Å². The van der Waals surface area contributed by atoms with Crippen LogP contribution >= 0.6 is 0 Å². The lowest BCUT2D eigenvalue weighted by Crippen LogP contribution is -2.55. The molecule has 14 aliphatic carbocycles. The van der Waals surface area contributed by atoms with E-state index in [1.54, 1.807) is 0 Å². The molecule has 0 amide bonds. The van der Waals surface area contributed by atoms with Crippen LogP contribution in [0.2, 0.25) is 0 Å². The summed E-state index contributed by atoms with van der Waals surface area (Å²) in [4.78, 5) is 97.4. The van der Waals surface area contributed by atoms with E-state index in [1.165, 1.54) is 154 Å². The molecule has 0 aromatic carbocycles. The second kappa shape index (κ2) is 45.2. The van der Waals surface area contributed by atoms with E-state index in [9.17, 15) is 38.4 Å². The molecule has 16 nitrogen and oxygen atoms in total. The van der Waals surface area contributed by atoms with Crippen LogP contribution in [0.3, 0.4) is 0 Å². The van der Waals surface area contributed by atoms with Crippen LogP contribution in [0.1, 0.15) is 547 Å².